The van der Waals surface area contributed by atoms with Crippen LogP contribution < -0.4 is 14.8 Å². The Kier molecular flexibility index (Phi) is 6.69. The zero-order valence-electron chi connectivity index (χ0n) is 17.1. The Bertz CT molecular complexity index is 1050. The van der Waals surface area contributed by atoms with Crippen molar-refractivity contribution >= 4 is 33.2 Å². The van der Waals surface area contributed by atoms with Crippen LogP contribution in [-0.4, -0.2) is 44.9 Å². The van der Waals surface area contributed by atoms with E-state index in [1.54, 1.807) is 28.6 Å². The van der Waals surface area contributed by atoms with Gasteiger partial charge in [-0.25, -0.2) is 8.42 Å². The zero-order valence-corrected chi connectivity index (χ0v) is 18.7. The molecule has 31 heavy (non-hydrogen) atoms. The van der Waals surface area contributed by atoms with Crippen molar-refractivity contribution in [2.45, 2.75) is 37.0 Å². The van der Waals surface area contributed by atoms with Crippen molar-refractivity contribution in [2.75, 3.05) is 31.6 Å². The minimum Gasteiger partial charge on any atom is -0.486 e. The smallest absolute Gasteiger partial charge is 0.243 e. The minimum absolute atomic E-state index is 0.101. The predicted molar refractivity (Wildman–Crippen MR) is 118 cm³/mol. The van der Waals surface area contributed by atoms with Crippen LogP contribution >= 0.6 is 11.6 Å². The van der Waals surface area contributed by atoms with Gasteiger partial charge in [0.15, 0.2) is 11.5 Å². The van der Waals surface area contributed by atoms with Crippen LogP contribution in [0.5, 0.6) is 11.5 Å². The van der Waals surface area contributed by atoms with Gasteiger partial charge in [-0.2, -0.15) is 4.31 Å². The van der Waals surface area contributed by atoms with Crippen molar-refractivity contribution in [3.05, 3.63) is 47.0 Å². The van der Waals surface area contributed by atoms with E-state index in [-0.39, 0.29) is 17.2 Å². The predicted octanol–water partition coefficient (Wildman–Crippen LogP) is 3.86. The summed E-state index contributed by atoms with van der Waals surface area (Å²) in [5, 5.41) is 3.20. The molecule has 2 heterocycles. The number of carbonyl (C=O) groups is 1. The summed E-state index contributed by atoms with van der Waals surface area (Å²) in [6.07, 6.45) is 4.00. The van der Waals surface area contributed by atoms with Crippen LogP contribution in [0.3, 0.4) is 0 Å². The lowest BCUT2D eigenvalue weighted by Gasteiger charge is -2.20. The van der Waals surface area contributed by atoms with Gasteiger partial charge in [-0.05, 0) is 54.8 Å². The lowest BCUT2D eigenvalue weighted by Crippen LogP contribution is -2.31. The summed E-state index contributed by atoms with van der Waals surface area (Å²) in [5.74, 6) is 0.791. The topological polar surface area (TPSA) is 84.9 Å². The molecule has 1 saturated heterocycles. The number of hydrogen-bond donors (Lipinski definition) is 1. The van der Waals surface area contributed by atoms with Crippen LogP contribution in [0.15, 0.2) is 41.3 Å². The Hall–Kier alpha value is -2.29. The first-order valence-electron chi connectivity index (χ1n) is 10.4. The van der Waals surface area contributed by atoms with Gasteiger partial charge >= 0.3 is 0 Å². The molecule has 9 heteroatoms. The number of hydrogen-bond acceptors (Lipinski definition) is 5. The van der Waals surface area contributed by atoms with Gasteiger partial charge < -0.3 is 14.8 Å². The van der Waals surface area contributed by atoms with Gasteiger partial charge in [-0.15, -0.1) is 0 Å². The second-order valence-electron chi connectivity index (χ2n) is 7.67. The second kappa shape index (κ2) is 9.46. The average molecular weight is 465 g/mol. The largest absolute Gasteiger partial charge is 0.486 e. The Morgan fingerprint density at radius 1 is 1.00 bits per heavy atom. The van der Waals surface area contributed by atoms with Crippen molar-refractivity contribution in [1.82, 2.24) is 4.31 Å². The molecule has 2 aromatic rings. The number of rotatable bonds is 5. The lowest BCUT2D eigenvalue weighted by atomic mass is 10.1. The summed E-state index contributed by atoms with van der Waals surface area (Å²) in [6.45, 7) is 1.99. The van der Waals surface area contributed by atoms with Gasteiger partial charge in [0.2, 0.25) is 15.9 Å². The van der Waals surface area contributed by atoms with Crippen LogP contribution in [0.4, 0.5) is 5.69 Å². The van der Waals surface area contributed by atoms with Crippen LogP contribution in [-0.2, 0) is 21.2 Å². The van der Waals surface area contributed by atoms with Crippen LogP contribution in [0.25, 0.3) is 0 Å². The molecule has 166 valence electrons. The number of amides is 1. The molecule has 1 N–H and O–H groups in total. The summed E-state index contributed by atoms with van der Waals surface area (Å²) >= 11 is 6.23. The fourth-order valence-corrected chi connectivity index (χ4v) is 5.60. The average Bonchev–Trinajstić information content (AvgIpc) is 3.04. The first kappa shape index (κ1) is 21.9. The molecule has 1 amide bonds. The number of fused-ring (bicyclic) bond motifs is 1. The highest BCUT2D eigenvalue weighted by Crippen LogP contribution is 2.38. The van der Waals surface area contributed by atoms with Crippen molar-refractivity contribution in [3.8, 4) is 11.5 Å². The molecule has 2 aliphatic heterocycles. The Morgan fingerprint density at radius 3 is 2.39 bits per heavy atom. The first-order chi connectivity index (χ1) is 14.9. The fraction of sp³-hybridized carbons (Fsp3) is 0.409. The third-order valence-corrected chi connectivity index (χ3v) is 7.56. The van der Waals surface area contributed by atoms with Gasteiger partial charge in [-0.1, -0.05) is 24.4 Å². The quantitative estimate of drug-likeness (QED) is 0.726. The van der Waals surface area contributed by atoms with E-state index in [9.17, 15) is 13.2 Å². The molecular weight excluding hydrogens is 440 g/mol. The number of sulfonamides is 1. The summed E-state index contributed by atoms with van der Waals surface area (Å²) in [4.78, 5) is 12.7. The molecule has 0 atom stereocenters. The second-order valence-corrected chi connectivity index (χ2v) is 10.0. The molecule has 0 aromatic heterocycles. The van der Waals surface area contributed by atoms with Crippen molar-refractivity contribution < 1.29 is 22.7 Å². The number of carbonyl (C=O) groups excluding carboxylic acids is 1. The van der Waals surface area contributed by atoms with Gasteiger partial charge in [-0.3, -0.25) is 4.79 Å². The molecular formula is C22H25ClN2O5S. The summed E-state index contributed by atoms with van der Waals surface area (Å²) < 4.78 is 38.3. The van der Waals surface area contributed by atoms with Gasteiger partial charge in [0.25, 0.3) is 0 Å². The lowest BCUT2D eigenvalue weighted by molar-refractivity contribution is -0.115. The Balaban J connectivity index is 1.41. The highest BCUT2D eigenvalue weighted by atomic mass is 35.5. The summed E-state index contributed by atoms with van der Waals surface area (Å²) in [7, 11) is -3.51. The van der Waals surface area contributed by atoms with Crippen molar-refractivity contribution in [3.63, 3.8) is 0 Å². The van der Waals surface area contributed by atoms with Crippen LogP contribution in [0.1, 0.15) is 31.2 Å². The third-order valence-electron chi connectivity index (χ3n) is 5.36. The van der Waals surface area contributed by atoms with E-state index in [4.69, 9.17) is 21.1 Å². The number of benzene rings is 2. The van der Waals surface area contributed by atoms with E-state index in [1.165, 1.54) is 12.1 Å². The monoisotopic (exact) mass is 464 g/mol. The maximum absolute atomic E-state index is 12.9. The highest BCUT2D eigenvalue weighted by Gasteiger charge is 2.25. The molecule has 0 bridgehead atoms. The molecule has 0 saturated carbocycles. The van der Waals surface area contributed by atoms with E-state index < -0.39 is 10.0 Å². The molecule has 2 aliphatic rings. The SMILES string of the molecule is O=C(Cc1cc(Cl)c2c(c1)OCCO2)Nc1ccc(S(=O)(=O)N2CCCCCC2)cc1. The molecule has 0 spiro atoms. The Morgan fingerprint density at radius 2 is 1.68 bits per heavy atom. The molecule has 7 nitrogen and oxygen atoms in total. The van der Waals surface area contributed by atoms with Gasteiger partial charge in [0.05, 0.1) is 16.3 Å². The standard InChI is InChI=1S/C22H25ClN2O5S/c23-19-13-16(14-20-22(19)30-12-11-29-20)15-21(26)24-17-5-7-18(8-6-17)31(27,28)25-9-3-1-2-4-10-25/h5-8,13-14H,1-4,9-12,15H2,(H,24,26). The Labute approximate surface area is 187 Å². The fourth-order valence-electron chi connectivity index (χ4n) is 3.80. The minimum atomic E-state index is -3.51. The van der Waals surface area contributed by atoms with E-state index in [0.717, 1.165) is 25.7 Å². The molecule has 0 aliphatic carbocycles. The zero-order chi connectivity index (χ0) is 21.8. The van der Waals surface area contributed by atoms with Gasteiger partial charge in [0.1, 0.15) is 13.2 Å². The van der Waals surface area contributed by atoms with E-state index in [1.807, 2.05) is 0 Å². The molecule has 0 unspecified atom stereocenters. The first-order valence-corrected chi connectivity index (χ1v) is 12.2. The maximum Gasteiger partial charge on any atom is 0.243 e. The highest BCUT2D eigenvalue weighted by molar-refractivity contribution is 7.89. The van der Waals surface area contributed by atoms with E-state index in [0.29, 0.717) is 54.1 Å². The normalized spacial score (nSPS) is 17.1. The third kappa shape index (κ3) is 5.14. The summed E-state index contributed by atoms with van der Waals surface area (Å²) in [6, 6.07) is 9.73. The maximum atomic E-state index is 12.9. The molecule has 2 aromatic carbocycles. The number of anilines is 1. The number of nitrogens with zero attached hydrogens (tertiary/aromatic N) is 1. The van der Waals surface area contributed by atoms with Crippen LogP contribution in [0.2, 0.25) is 5.02 Å². The number of halogens is 1. The number of nitrogens with one attached hydrogen (secondary N) is 1. The van der Waals surface area contributed by atoms with Crippen LogP contribution in [0, 0.1) is 0 Å². The molecule has 1 fully saturated rings. The molecule has 0 radical (unpaired) electrons. The van der Waals surface area contributed by atoms with E-state index >= 15 is 0 Å². The molecule has 4 rings (SSSR count). The van der Waals surface area contributed by atoms with E-state index in [2.05, 4.69) is 5.32 Å². The van der Waals surface area contributed by atoms with Crippen molar-refractivity contribution in [1.29, 1.82) is 0 Å². The van der Waals surface area contributed by atoms with Gasteiger partial charge in [0, 0.05) is 18.8 Å². The van der Waals surface area contributed by atoms with Crippen molar-refractivity contribution in [2.24, 2.45) is 0 Å². The number of ether oxygens (including phenoxy) is 2. The summed E-state index contributed by atoms with van der Waals surface area (Å²) in [5.41, 5.74) is 1.23.